The first-order valence-corrected chi connectivity index (χ1v) is 6.11. The van der Waals surface area contributed by atoms with Crippen molar-refractivity contribution in [3.05, 3.63) is 29.7 Å². The lowest BCUT2D eigenvalue weighted by Crippen LogP contribution is -2.29. The fourth-order valence-corrected chi connectivity index (χ4v) is 2.37. The van der Waals surface area contributed by atoms with Crippen molar-refractivity contribution < 1.29 is 8.91 Å². The van der Waals surface area contributed by atoms with Gasteiger partial charge >= 0.3 is 0 Å². The molecule has 0 radical (unpaired) electrons. The number of anilines is 1. The molecule has 2 aromatic rings. The van der Waals surface area contributed by atoms with Crippen molar-refractivity contribution in [1.82, 2.24) is 9.97 Å². The highest BCUT2D eigenvalue weighted by molar-refractivity contribution is 5.97. The Morgan fingerprint density at radius 1 is 1.50 bits per heavy atom. The number of rotatable bonds is 3. The molecule has 5 nitrogen and oxygen atoms in total. The minimum atomic E-state index is -2.39. The number of hydrogen-bond donors (Lipinski definition) is 2. The predicted molar refractivity (Wildman–Crippen MR) is 77.1 cm³/mol. The van der Waals surface area contributed by atoms with E-state index in [1.165, 1.54) is 12.4 Å². The number of primary amides is 1. The number of amides is 1. The van der Waals surface area contributed by atoms with Crippen LogP contribution in [-0.4, -0.2) is 22.9 Å². The molecule has 1 saturated carbocycles. The molecule has 3 N–H and O–H groups in total. The van der Waals surface area contributed by atoms with Gasteiger partial charge in [0.15, 0.2) is 0 Å². The number of aromatic nitrogens is 2. The molecule has 1 aliphatic rings. The molecule has 0 unspecified atom stereocenters. The van der Waals surface area contributed by atoms with E-state index < -0.39 is 18.3 Å². The molecule has 1 fully saturated rings. The molecule has 0 saturated heterocycles. The van der Waals surface area contributed by atoms with Crippen molar-refractivity contribution in [3.63, 3.8) is 0 Å². The van der Waals surface area contributed by atoms with E-state index in [9.17, 15) is 4.79 Å². The summed E-state index contributed by atoms with van der Waals surface area (Å²) >= 11 is 0. The number of carbonyl (C=O) groups excluding carboxylic acids is 1. The average molecular weight is 269 g/mol. The first-order chi connectivity index (χ1) is 10.8. The Labute approximate surface area is 120 Å². The van der Waals surface area contributed by atoms with Crippen LogP contribution in [0.2, 0.25) is 0 Å². The smallest absolute Gasteiger partial charge is 0.229 e. The highest BCUT2D eigenvalue weighted by atomic mass is 16.1. The molecular weight excluding hydrogens is 252 g/mol. The molecule has 2 aromatic heterocycles. The summed E-state index contributed by atoms with van der Waals surface area (Å²) in [4.78, 5) is 20.0. The van der Waals surface area contributed by atoms with E-state index in [1.807, 2.05) is 0 Å². The van der Waals surface area contributed by atoms with Gasteiger partial charge in [-0.1, -0.05) is 5.92 Å². The molecule has 1 aliphatic carbocycles. The van der Waals surface area contributed by atoms with Crippen LogP contribution in [0.5, 0.6) is 0 Å². The van der Waals surface area contributed by atoms with Crippen molar-refractivity contribution in [1.29, 1.82) is 0 Å². The van der Waals surface area contributed by atoms with Gasteiger partial charge in [-0.15, -0.1) is 6.42 Å². The second-order valence-corrected chi connectivity index (χ2v) is 4.85. The van der Waals surface area contributed by atoms with E-state index in [0.29, 0.717) is 34.9 Å². The predicted octanol–water partition coefficient (Wildman–Crippen LogP) is 1.17. The van der Waals surface area contributed by atoms with Gasteiger partial charge in [-0.2, -0.15) is 0 Å². The molecule has 0 atom stereocenters. The van der Waals surface area contributed by atoms with Gasteiger partial charge in [-0.3, -0.25) is 9.78 Å². The number of nitrogens with two attached hydrogens (primary N) is 1. The Kier molecular flexibility index (Phi) is 1.96. The fraction of sp³-hybridized carbons (Fsp3) is 0.267. The summed E-state index contributed by atoms with van der Waals surface area (Å²) in [5.41, 5.74) is 5.79. The van der Waals surface area contributed by atoms with Gasteiger partial charge in [0.05, 0.1) is 16.7 Å². The van der Waals surface area contributed by atoms with Gasteiger partial charge in [0, 0.05) is 34.3 Å². The minimum absolute atomic E-state index is 0.168. The average Bonchev–Trinajstić information content (AvgIpc) is 3.27. The van der Waals surface area contributed by atoms with Crippen LogP contribution in [0.25, 0.3) is 10.8 Å². The molecule has 5 heteroatoms. The largest absolute Gasteiger partial charge is 0.373 e. The molecule has 0 bridgehead atoms. The standard InChI is InChI=1S/C15H14N4O/c1-3-9-7-19-13(17-2)11-8-18-12(6-10(9)11)15(4-5-15)14(16)20/h1,6-8H,4-5H2,2H3,(H2,16,20)(H,17,19)/i2D3. The zero-order valence-corrected chi connectivity index (χ0v) is 10.6. The number of terminal acetylenes is 1. The fourth-order valence-electron chi connectivity index (χ4n) is 2.37. The van der Waals surface area contributed by atoms with Crippen molar-refractivity contribution in [2.24, 2.45) is 5.73 Å². The lowest BCUT2D eigenvalue weighted by Gasteiger charge is -2.13. The molecule has 20 heavy (non-hydrogen) atoms. The van der Waals surface area contributed by atoms with Gasteiger partial charge < -0.3 is 11.1 Å². The van der Waals surface area contributed by atoms with E-state index in [0.717, 1.165) is 0 Å². The lowest BCUT2D eigenvalue weighted by atomic mass is 9.98. The first kappa shape index (κ1) is 9.32. The summed E-state index contributed by atoms with van der Waals surface area (Å²) in [6, 6.07) is 1.70. The van der Waals surface area contributed by atoms with Gasteiger partial charge in [-0.25, -0.2) is 4.98 Å². The normalized spacial score (nSPS) is 18.4. The third-order valence-corrected chi connectivity index (χ3v) is 3.76. The summed E-state index contributed by atoms with van der Waals surface area (Å²) in [7, 11) is 0. The maximum atomic E-state index is 11.7. The maximum Gasteiger partial charge on any atom is 0.229 e. The minimum Gasteiger partial charge on any atom is -0.373 e. The van der Waals surface area contributed by atoms with Crippen molar-refractivity contribution in [2.75, 3.05) is 12.3 Å². The molecule has 2 heterocycles. The summed E-state index contributed by atoms with van der Waals surface area (Å²) in [6.45, 7) is -2.39. The number of fused-ring (bicyclic) bond motifs is 1. The molecule has 0 aromatic carbocycles. The van der Waals surface area contributed by atoms with E-state index in [-0.39, 0.29) is 5.82 Å². The molecule has 3 rings (SSSR count). The summed E-state index contributed by atoms with van der Waals surface area (Å²) in [5, 5.41) is 3.46. The first-order valence-electron chi connectivity index (χ1n) is 7.61. The quantitative estimate of drug-likeness (QED) is 0.820. The van der Waals surface area contributed by atoms with E-state index in [2.05, 4.69) is 21.2 Å². The van der Waals surface area contributed by atoms with Crippen LogP contribution >= 0.6 is 0 Å². The number of nitrogens with one attached hydrogen (secondary N) is 1. The monoisotopic (exact) mass is 269 g/mol. The number of pyridine rings is 2. The Morgan fingerprint density at radius 3 is 2.90 bits per heavy atom. The van der Waals surface area contributed by atoms with Crippen molar-refractivity contribution in [3.8, 4) is 12.3 Å². The Hall–Kier alpha value is -2.61. The van der Waals surface area contributed by atoms with Crippen LogP contribution < -0.4 is 11.1 Å². The van der Waals surface area contributed by atoms with Gasteiger partial charge in [-0.05, 0) is 18.9 Å². The molecular formula is C15H14N4O. The second kappa shape index (κ2) is 4.20. The van der Waals surface area contributed by atoms with Crippen molar-refractivity contribution in [2.45, 2.75) is 18.3 Å². The Bertz CT molecular complexity index is 850. The maximum absolute atomic E-state index is 11.7. The Balaban J connectivity index is 2.19. The van der Waals surface area contributed by atoms with E-state index in [1.54, 1.807) is 6.07 Å². The van der Waals surface area contributed by atoms with Crippen LogP contribution in [-0.2, 0) is 10.2 Å². The summed E-state index contributed by atoms with van der Waals surface area (Å²) in [6.07, 6.45) is 9.70. The van der Waals surface area contributed by atoms with Crippen LogP contribution in [0.1, 0.15) is 28.2 Å². The highest BCUT2D eigenvalue weighted by Gasteiger charge is 2.51. The van der Waals surface area contributed by atoms with Crippen LogP contribution in [0.4, 0.5) is 5.82 Å². The van der Waals surface area contributed by atoms with Gasteiger partial charge in [0.25, 0.3) is 0 Å². The highest BCUT2D eigenvalue weighted by Crippen LogP contribution is 2.47. The number of nitrogens with zero attached hydrogens (tertiary/aromatic N) is 2. The number of hydrogen-bond acceptors (Lipinski definition) is 4. The summed E-state index contributed by atoms with van der Waals surface area (Å²) in [5.74, 6) is 2.27. The lowest BCUT2D eigenvalue weighted by molar-refractivity contribution is -0.120. The molecule has 0 spiro atoms. The Morgan fingerprint density at radius 2 is 2.30 bits per heavy atom. The third kappa shape index (κ3) is 1.62. The molecule has 1 amide bonds. The third-order valence-electron chi connectivity index (χ3n) is 3.76. The number of carbonyl (C=O) groups is 1. The SMILES string of the molecule is [2H]C([2H])([2H])Nc1ncc(C#C)c2cc(C3(C(N)=O)CC3)ncc12. The summed E-state index contributed by atoms with van der Waals surface area (Å²) < 4.78 is 21.9. The van der Waals surface area contributed by atoms with Crippen molar-refractivity contribution >= 4 is 22.5 Å². The van der Waals surface area contributed by atoms with E-state index >= 15 is 0 Å². The molecule has 100 valence electrons. The molecule has 0 aliphatic heterocycles. The van der Waals surface area contributed by atoms with Gasteiger partial charge in [0.1, 0.15) is 5.82 Å². The zero-order chi connectivity index (χ0) is 16.8. The van der Waals surface area contributed by atoms with E-state index in [4.69, 9.17) is 16.3 Å². The second-order valence-electron chi connectivity index (χ2n) is 4.85. The van der Waals surface area contributed by atoms with Crippen LogP contribution in [0.15, 0.2) is 18.5 Å². The zero-order valence-electron chi connectivity index (χ0n) is 13.6. The van der Waals surface area contributed by atoms with Gasteiger partial charge in [0.2, 0.25) is 5.91 Å². The van der Waals surface area contributed by atoms with Crippen LogP contribution in [0.3, 0.4) is 0 Å². The topological polar surface area (TPSA) is 80.9 Å². The van der Waals surface area contributed by atoms with Crippen LogP contribution in [0, 0.1) is 12.3 Å².